The van der Waals surface area contributed by atoms with E-state index in [1.54, 1.807) is 17.0 Å². The van der Waals surface area contributed by atoms with Crippen LogP contribution < -0.4 is 20.1 Å². The van der Waals surface area contributed by atoms with Gasteiger partial charge < -0.3 is 25.0 Å². The number of fused-ring (bicyclic) bond motifs is 1. The van der Waals surface area contributed by atoms with Crippen LogP contribution in [0.3, 0.4) is 0 Å². The first kappa shape index (κ1) is 18.2. The van der Waals surface area contributed by atoms with Crippen molar-refractivity contribution in [1.29, 1.82) is 0 Å². The van der Waals surface area contributed by atoms with Gasteiger partial charge >= 0.3 is 6.03 Å². The van der Waals surface area contributed by atoms with Gasteiger partial charge in [-0.15, -0.1) is 0 Å². The van der Waals surface area contributed by atoms with Crippen molar-refractivity contribution < 1.29 is 19.1 Å². The van der Waals surface area contributed by atoms with Crippen LogP contribution in [0.1, 0.15) is 30.1 Å². The van der Waals surface area contributed by atoms with Gasteiger partial charge in [0.05, 0.1) is 12.2 Å². The second kappa shape index (κ2) is 7.42. The number of benzene rings is 2. The quantitative estimate of drug-likeness (QED) is 0.855. The molecule has 0 unspecified atom stereocenters. The van der Waals surface area contributed by atoms with Crippen molar-refractivity contribution in [3.05, 3.63) is 54.1 Å². The molecule has 0 saturated carbocycles. The molecule has 0 atom stereocenters. The van der Waals surface area contributed by atoms with Crippen LogP contribution in [0.15, 0.2) is 48.5 Å². The highest BCUT2D eigenvalue weighted by atomic mass is 16.5. The van der Waals surface area contributed by atoms with Gasteiger partial charge in [-0.1, -0.05) is 12.1 Å². The minimum Gasteiger partial charge on any atom is -0.494 e. The van der Waals surface area contributed by atoms with Gasteiger partial charge in [-0.05, 0) is 43.3 Å². The number of nitrogens with zero attached hydrogens (tertiary/aromatic N) is 1. The number of urea groups is 1. The molecule has 2 aromatic carbocycles. The smallest absolute Gasteiger partial charge is 0.321 e. The summed E-state index contributed by atoms with van der Waals surface area (Å²) in [4.78, 5) is 26.7. The summed E-state index contributed by atoms with van der Waals surface area (Å²) in [7, 11) is 0. The van der Waals surface area contributed by atoms with Crippen molar-refractivity contribution in [1.82, 2.24) is 10.2 Å². The van der Waals surface area contributed by atoms with Crippen LogP contribution in [-0.4, -0.2) is 42.3 Å². The Hall–Kier alpha value is -3.22. The molecule has 2 aromatic rings. The average Bonchev–Trinajstić information content (AvgIpc) is 2.70. The first-order chi connectivity index (χ1) is 13.6. The van der Waals surface area contributed by atoms with Crippen LogP contribution in [0.25, 0.3) is 0 Å². The molecule has 7 heteroatoms. The summed E-state index contributed by atoms with van der Waals surface area (Å²) in [6.45, 7) is 3.51. The van der Waals surface area contributed by atoms with Gasteiger partial charge in [0.1, 0.15) is 11.5 Å². The molecular weight excluding hydrogens is 358 g/mol. The molecule has 4 rings (SSSR count). The van der Waals surface area contributed by atoms with E-state index >= 15 is 0 Å². The fourth-order valence-electron chi connectivity index (χ4n) is 3.56. The molecule has 0 radical (unpaired) electrons. The first-order valence-electron chi connectivity index (χ1n) is 9.48. The Balaban J connectivity index is 1.36. The van der Waals surface area contributed by atoms with E-state index in [1.807, 2.05) is 43.3 Å². The number of amides is 3. The number of anilines is 1. The maximum absolute atomic E-state index is 12.6. The lowest BCUT2D eigenvalue weighted by Crippen LogP contribution is -2.61. The Kier molecular flexibility index (Phi) is 4.81. The predicted molar refractivity (Wildman–Crippen MR) is 105 cm³/mol. The lowest BCUT2D eigenvalue weighted by atomic mass is 9.97. The largest absolute Gasteiger partial charge is 0.494 e. The molecule has 0 aliphatic carbocycles. The number of piperidine rings is 1. The number of likely N-dealkylation sites (tertiary alicyclic amines) is 1. The van der Waals surface area contributed by atoms with Crippen LogP contribution in [0, 0.1) is 0 Å². The summed E-state index contributed by atoms with van der Waals surface area (Å²) in [6, 6.07) is 14.3. The lowest BCUT2D eigenvalue weighted by molar-refractivity contribution is -0.0203. The predicted octanol–water partition coefficient (Wildman–Crippen LogP) is 3.23. The minimum absolute atomic E-state index is 0.130. The first-order valence-corrected chi connectivity index (χ1v) is 9.48. The fraction of sp³-hybridized carbons (Fsp3) is 0.333. The molecule has 28 heavy (non-hydrogen) atoms. The molecule has 0 bridgehead atoms. The maximum Gasteiger partial charge on any atom is 0.321 e. The van der Waals surface area contributed by atoms with Gasteiger partial charge in [-0.2, -0.15) is 0 Å². The minimum atomic E-state index is -0.749. The molecule has 1 saturated heterocycles. The zero-order chi connectivity index (χ0) is 19.6. The molecule has 1 fully saturated rings. The van der Waals surface area contributed by atoms with E-state index < -0.39 is 5.72 Å². The van der Waals surface area contributed by atoms with E-state index in [-0.39, 0.29) is 11.9 Å². The van der Waals surface area contributed by atoms with Gasteiger partial charge in [0, 0.05) is 31.6 Å². The van der Waals surface area contributed by atoms with Gasteiger partial charge in [0.2, 0.25) is 0 Å². The van der Waals surface area contributed by atoms with Crippen molar-refractivity contribution in [2.75, 3.05) is 25.0 Å². The molecule has 2 heterocycles. The number of hydrogen-bond donors (Lipinski definition) is 2. The zero-order valence-corrected chi connectivity index (χ0v) is 15.7. The van der Waals surface area contributed by atoms with E-state index in [1.165, 1.54) is 0 Å². The summed E-state index contributed by atoms with van der Waals surface area (Å²) in [5, 5.41) is 5.88. The third kappa shape index (κ3) is 3.60. The number of rotatable bonds is 3. The SMILES string of the molecule is CCOc1ccc(NC(=O)N2CCC3(CC2)NC(=O)c2ccccc2O3)cc1. The van der Waals surface area contributed by atoms with Crippen molar-refractivity contribution >= 4 is 17.6 Å². The van der Waals surface area contributed by atoms with Gasteiger partial charge in [-0.3, -0.25) is 4.79 Å². The fourth-order valence-corrected chi connectivity index (χ4v) is 3.56. The van der Waals surface area contributed by atoms with E-state index in [9.17, 15) is 9.59 Å². The summed E-state index contributed by atoms with van der Waals surface area (Å²) < 4.78 is 11.5. The number of para-hydroxylation sites is 1. The normalized spacial score (nSPS) is 17.3. The molecular formula is C21H23N3O4. The number of carbonyl (C=O) groups excluding carboxylic acids is 2. The summed E-state index contributed by atoms with van der Waals surface area (Å²) in [6.07, 6.45) is 1.06. The van der Waals surface area contributed by atoms with Crippen LogP contribution in [-0.2, 0) is 0 Å². The highest BCUT2D eigenvalue weighted by molar-refractivity contribution is 5.98. The summed E-state index contributed by atoms with van der Waals surface area (Å²) >= 11 is 0. The average molecular weight is 381 g/mol. The van der Waals surface area contributed by atoms with E-state index in [0.717, 1.165) is 5.75 Å². The van der Waals surface area contributed by atoms with Crippen molar-refractivity contribution in [3.63, 3.8) is 0 Å². The number of ether oxygens (including phenoxy) is 2. The Morgan fingerprint density at radius 2 is 1.89 bits per heavy atom. The van der Waals surface area contributed by atoms with Crippen LogP contribution in [0.5, 0.6) is 11.5 Å². The third-order valence-corrected chi connectivity index (χ3v) is 5.05. The van der Waals surface area contributed by atoms with Crippen molar-refractivity contribution in [2.24, 2.45) is 0 Å². The van der Waals surface area contributed by atoms with Crippen LogP contribution in [0.2, 0.25) is 0 Å². The highest BCUT2D eigenvalue weighted by Gasteiger charge is 2.43. The van der Waals surface area contributed by atoms with Crippen LogP contribution in [0.4, 0.5) is 10.5 Å². The molecule has 2 aliphatic rings. The van der Waals surface area contributed by atoms with Gasteiger partial charge in [0.15, 0.2) is 5.72 Å². The number of nitrogens with one attached hydrogen (secondary N) is 2. The van der Waals surface area contributed by atoms with Gasteiger partial charge in [0.25, 0.3) is 5.91 Å². The third-order valence-electron chi connectivity index (χ3n) is 5.05. The maximum atomic E-state index is 12.6. The van der Waals surface area contributed by atoms with E-state index in [2.05, 4.69) is 10.6 Å². The van der Waals surface area contributed by atoms with Crippen molar-refractivity contribution in [3.8, 4) is 11.5 Å². The van der Waals surface area contributed by atoms with Gasteiger partial charge in [-0.25, -0.2) is 4.79 Å². The summed E-state index contributed by atoms with van der Waals surface area (Å²) in [5.41, 5.74) is 0.509. The van der Waals surface area contributed by atoms with E-state index in [0.29, 0.717) is 49.5 Å². The van der Waals surface area contributed by atoms with Crippen LogP contribution >= 0.6 is 0 Å². The standard InChI is InChI=1S/C21H23N3O4/c1-2-27-16-9-7-15(8-10-16)22-20(26)24-13-11-21(12-14-24)23-19(25)17-5-3-4-6-18(17)28-21/h3-10H,2,11-14H2,1H3,(H,22,26)(H,23,25). The molecule has 1 spiro atoms. The monoisotopic (exact) mass is 381 g/mol. The topological polar surface area (TPSA) is 79.9 Å². The Morgan fingerprint density at radius 3 is 2.61 bits per heavy atom. The Morgan fingerprint density at radius 1 is 1.18 bits per heavy atom. The number of hydrogen-bond acceptors (Lipinski definition) is 4. The zero-order valence-electron chi connectivity index (χ0n) is 15.7. The molecule has 3 amide bonds. The highest BCUT2D eigenvalue weighted by Crippen LogP contribution is 2.33. The second-order valence-electron chi connectivity index (χ2n) is 6.92. The molecule has 7 nitrogen and oxygen atoms in total. The van der Waals surface area contributed by atoms with E-state index in [4.69, 9.17) is 9.47 Å². The molecule has 146 valence electrons. The Labute approximate surface area is 163 Å². The lowest BCUT2D eigenvalue weighted by Gasteiger charge is -2.44. The molecule has 2 aliphatic heterocycles. The van der Waals surface area contributed by atoms with Crippen molar-refractivity contribution in [2.45, 2.75) is 25.5 Å². The number of carbonyl (C=O) groups is 2. The molecule has 0 aromatic heterocycles. The molecule has 2 N–H and O–H groups in total. The summed E-state index contributed by atoms with van der Waals surface area (Å²) in [5.74, 6) is 1.23. The second-order valence-corrected chi connectivity index (χ2v) is 6.92. The Bertz CT molecular complexity index is 873.